The summed E-state index contributed by atoms with van der Waals surface area (Å²) in [4.78, 5) is 4.25. The van der Waals surface area contributed by atoms with E-state index in [9.17, 15) is 5.11 Å². The average Bonchev–Trinajstić information content (AvgIpc) is 2.82. The molecule has 0 saturated heterocycles. The molecule has 1 unspecified atom stereocenters. The van der Waals surface area contributed by atoms with Crippen molar-refractivity contribution in [1.29, 1.82) is 0 Å². The Bertz CT molecular complexity index is 554. The van der Waals surface area contributed by atoms with Gasteiger partial charge in [-0.25, -0.2) is 4.98 Å². The van der Waals surface area contributed by atoms with Gasteiger partial charge in [0.25, 0.3) is 0 Å². The number of hydrogen-bond acceptors (Lipinski definition) is 3. The highest BCUT2D eigenvalue weighted by atomic mass is 79.9. The van der Waals surface area contributed by atoms with E-state index >= 15 is 0 Å². The number of nitrogens with zero attached hydrogens (tertiary/aromatic N) is 2. The molecule has 0 aliphatic rings. The highest BCUT2D eigenvalue weighted by Crippen LogP contribution is 2.30. The number of aromatic nitrogens is 2. The summed E-state index contributed by atoms with van der Waals surface area (Å²) in [5, 5.41) is 10.3. The molecule has 0 radical (unpaired) electrons. The molecule has 0 fully saturated rings. The van der Waals surface area contributed by atoms with E-state index in [2.05, 4.69) is 20.9 Å². The van der Waals surface area contributed by atoms with Crippen LogP contribution in [-0.2, 0) is 13.5 Å². The third-order valence-corrected chi connectivity index (χ3v) is 3.85. The first kappa shape index (κ1) is 14.1. The van der Waals surface area contributed by atoms with Crippen LogP contribution >= 0.6 is 15.9 Å². The smallest absolute Gasteiger partial charge is 0.119 e. The van der Waals surface area contributed by atoms with Crippen molar-refractivity contribution >= 4 is 15.9 Å². The van der Waals surface area contributed by atoms with Gasteiger partial charge in [0, 0.05) is 30.3 Å². The minimum atomic E-state index is -0.541. The first-order valence-electron chi connectivity index (χ1n) is 6.09. The Morgan fingerprint density at radius 3 is 2.89 bits per heavy atom. The second kappa shape index (κ2) is 6.21. The van der Waals surface area contributed by atoms with Crippen molar-refractivity contribution in [2.45, 2.75) is 18.9 Å². The Balaban J connectivity index is 2.07. The number of aryl methyl sites for hydroxylation is 2. The minimum Gasteiger partial charge on any atom is -0.497 e. The van der Waals surface area contributed by atoms with Crippen molar-refractivity contribution in [1.82, 2.24) is 9.55 Å². The molecule has 0 aliphatic heterocycles. The van der Waals surface area contributed by atoms with Gasteiger partial charge in [-0.3, -0.25) is 0 Å². The lowest BCUT2D eigenvalue weighted by molar-refractivity contribution is 0.165. The van der Waals surface area contributed by atoms with Crippen LogP contribution in [0.5, 0.6) is 5.75 Å². The Labute approximate surface area is 121 Å². The lowest BCUT2D eigenvalue weighted by Crippen LogP contribution is -2.04. The van der Waals surface area contributed by atoms with Gasteiger partial charge >= 0.3 is 0 Å². The first-order valence-corrected chi connectivity index (χ1v) is 6.89. The molecule has 1 N–H and O–H groups in total. The fourth-order valence-corrected chi connectivity index (χ4v) is 2.47. The van der Waals surface area contributed by atoms with Crippen LogP contribution < -0.4 is 4.74 Å². The zero-order valence-corrected chi connectivity index (χ0v) is 12.6. The van der Waals surface area contributed by atoms with E-state index in [-0.39, 0.29) is 0 Å². The molecule has 0 spiro atoms. The second-order valence-electron chi connectivity index (χ2n) is 4.40. The summed E-state index contributed by atoms with van der Waals surface area (Å²) in [6.45, 7) is 0. The van der Waals surface area contributed by atoms with E-state index in [0.29, 0.717) is 6.42 Å². The summed E-state index contributed by atoms with van der Waals surface area (Å²) in [5.41, 5.74) is 0.841. The number of halogens is 1. The number of aliphatic hydroxyl groups is 1. The van der Waals surface area contributed by atoms with Crippen LogP contribution in [0.2, 0.25) is 0 Å². The van der Waals surface area contributed by atoms with E-state index < -0.39 is 6.10 Å². The molecular formula is C14H17BrN2O2. The van der Waals surface area contributed by atoms with Gasteiger partial charge in [-0.2, -0.15) is 0 Å². The van der Waals surface area contributed by atoms with E-state index in [1.165, 1.54) is 0 Å². The molecule has 102 valence electrons. The molecule has 0 aliphatic carbocycles. The molecule has 4 nitrogen and oxygen atoms in total. The molecule has 1 atom stereocenters. The van der Waals surface area contributed by atoms with Crippen molar-refractivity contribution in [3.8, 4) is 5.75 Å². The van der Waals surface area contributed by atoms with Crippen LogP contribution in [0.1, 0.15) is 23.9 Å². The predicted molar refractivity (Wildman–Crippen MR) is 77.2 cm³/mol. The molecule has 1 aromatic carbocycles. The van der Waals surface area contributed by atoms with Gasteiger partial charge in [-0.05, 0) is 30.2 Å². The lowest BCUT2D eigenvalue weighted by Gasteiger charge is -2.14. The normalized spacial score (nSPS) is 12.4. The van der Waals surface area contributed by atoms with Gasteiger partial charge in [-0.1, -0.05) is 15.9 Å². The lowest BCUT2D eigenvalue weighted by atomic mass is 10.0. The van der Waals surface area contributed by atoms with Crippen LogP contribution in [0.25, 0.3) is 0 Å². The number of ether oxygens (including phenoxy) is 1. The Morgan fingerprint density at radius 2 is 2.26 bits per heavy atom. The molecule has 0 amide bonds. The summed E-state index contributed by atoms with van der Waals surface area (Å²) < 4.78 is 8.04. The van der Waals surface area contributed by atoms with Crippen LogP contribution in [-0.4, -0.2) is 21.8 Å². The van der Waals surface area contributed by atoms with Crippen molar-refractivity contribution in [3.05, 3.63) is 46.5 Å². The summed E-state index contributed by atoms with van der Waals surface area (Å²) >= 11 is 3.46. The third-order valence-electron chi connectivity index (χ3n) is 3.12. The summed E-state index contributed by atoms with van der Waals surface area (Å²) in [6, 6.07) is 5.60. The standard InChI is InChI=1S/C14H17BrN2O2/c1-17-8-7-16-14(17)6-5-13(18)11-9-10(19-2)3-4-12(11)15/h3-4,7-9,13,18H,5-6H2,1-2H3. The van der Waals surface area contributed by atoms with E-state index in [1.54, 1.807) is 13.3 Å². The first-order chi connectivity index (χ1) is 9.11. The molecule has 1 heterocycles. The van der Waals surface area contributed by atoms with Crippen molar-refractivity contribution < 1.29 is 9.84 Å². The molecule has 2 aromatic rings. The minimum absolute atomic E-state index is 0.541. The average molecular weight is 325 g/mol. The fourth-order valence-electron chi connectivity index (χ4n) is 1.96. The maximum atomic E-state index is 10.3. The summed E-state index contributed by atoms with van der Waals surface area (Å²) in [5.74, 6) is 1.72. The summed E-state index contributed by atoms with van der Waals surface area (Å²) in [7, 11) is 3.57. The summed E-state index contributed by atoms with van der Waals surface area (Å²) in [6.07, 6.45) is 4.48. The van der Waals surface area contributed by atoms with Crippen molar-refractivity contribution in [2.24, 2.45) is 7.05 Å². The predicted octanol–water partition coefficient (Wildman–Crippen LogP) is 2.86. The van der Waals surface area contributed by atoms with Crippen molar-refractivity contribution in [2.75, 3.05) is 7.11 Å². The monoisotopic (exact) mass is 324 g/mol. The van der Waals surface area contributed by atoms with Crippen molar-refractivity contribution in [3.63, 3.8) is 0 Å². The van der Waals surface area contributed by atoms with Crippen LogP contribution in [0.3, 0.4) is 0 Å². The zero-order chi connectivity index (χ0) is 13.8. The Hall–Kier alpha value is -1.33. The molecule has 2 rings (SSSR count). The number of hydrogen-bond donors (Lipinski definition) is 1. The van der Waals surface area contributed by atoms with Gasteiger partial charge in [0.1, 0.15) is 11.6 Å². The van der Waals surface area contributed by atoms with Crippen LogP contribution in [0.15, 0.2) is 35.1 Å². The molecular weight excluding hydrogens is 308 g/mol. The van der Waals surface area contributed by atoms with Gasteiger partial charge in [0.15, 0.2) is 0 Å². The fraction of sp³-hybridized carbons (Fsp3) is 0.357. The van der Waals surface area contributed by atoms with E-state index in [0.717, 1.165) is 28.0 Å². The molecule has 19 heavy (non-hydrogen) atoms. The number of methoxy groups -OCH3 is 1. The highest BCUT2D eigenvalue weighted by Gasteiger charge is 2.13. The van der Waals surface area contributed by atoms with Gasteiger partial charge < -0.3 is 14.4 Å². The molecule has 1 aromatic heterocycles. The number of aliphatic hydroxyl groups excluding tert-OH is 1. The van der Waals surface area contributed by atoms with Crippen LogP contribution in [0, 0.1) is 0 Å². The topological polar surface area (TPSA) is 47.3 Å². The SMILES string of the molecule is COc1ccc(Br)c(C(O)CCc2nccn2C)c1. The molecule has 0 bridgehead atoms. The van der Waals surface area contributed by atoms with Gasteiger partial charge in [0.2, 0.25) is 0 Å². The highest BCUT2D eigenvalue weighted by molar-refractivity contribution is 9.10. The maximum Gasteiger partial charge on any atom is 0.119 e. The number of benzene rings is 1. The zero-order valence-electron chi connectivity index (χ0n) is 11.0. The van der Waals surface area contributed by atoms with E-state index in [1.807, 2.05) is 36.0 Å². The largest absolute Gasteiger partial charge is 0.497 e. The molecule has 5 heteroatoms. The maximum absolute atomic E-state index is 10.3. The second-order valence-corrected chi connectivity index (χ2v) is 5.25. The van der Waals surface area contributed by atoms with Gasteiger partial charge in [-0.15, -0.1) is 0 Å². The quantitative estimate of drug-likeness (QED) is 0.919. The third kappa shape index (κ3) is 3.36. The van der Waals surface area contributed by atoms with Gasteiger partial charge in [0.05, 0.1) is 13.2 Å². The number of imidazole rings is 1. The molecule has 0 saturated carbocycles. The Kier molecular flexibility index (Phi) is 4.61. The Morgan fingerprint density at radius 1 is 1.47 bits per heavy atom. The van der Waals surface area contributed by atoms with E-state index in [4.69, 9.17) is 4.74 Å². The number of rotatable bonds is 5. The van der Waals surface area contributed by atoms with Crippen LogP contribution in [0.4, 0.5) is 0 Å².